The van der Waals surface area contributed by atoms with Gasteiger partial charge in [-0.15, -0.1) is 0 Å². The van der Waals surface area contributed by atoms with Crippen LogP contribution in [0.1, 0.15) is 31.9 Å². The van der Waals surface area contributed by atoms with Crippen molar-refractivity contribution >= 4 is 22.8 Å². The van der Waals surface area contributed by atoms with E-state index in [2.05, 4.69) is 10.3 Å². The molecule has 0 aliphatic carbocycles. The van der Waals surface area contributed by atoms with Gasteiger partial charge in [0.05, 0.1) is 10.9 Å². The van der Waals surface area contributed by atoms with Gasteiger partial charge in [0, 0.05) is 6.42 Å². The number of carboxylic acid groups (broad SMARTS) is 1. The van der Waals surface area contributed by atoms with Gasteiger partial charge in [0.25, 0.3) is 5.56 Å². The normalized spacial score (nSPS) is 13.1. The van der Waals surface area contributed by atoms with Gasteiger partial charge in [-0.05, 0) is 30.0 Å². The molecule has 0 saturated carbocycles. The average molecular weight is 423 g/mol. The summed E-state index contributed by atoms with van der Waals surface area (Å²) in [5.74, 6) is -1.83. The number of H-pyrrole nitrogens is 1. The van der Waals surface area contributed by atoms with E-state index in [4.69, 9.17) is 0 Å². The van der Waals surface area contributed by atoms with Gasteiger partial charge in [-0.25, -0.2) is 14.2 Å². The highest BCUT2D eigenvalue weighted by Gasteiger charge is 2.29. The zero-order chi connectivity index (χ0) is 22.5. The van der Waals surface area contributed by atoms with E-state index < -0.39 is 35.2 Å². The van der Waals surface area contributed by atoms with Crippen LogP contribution in [0.25, 0.3) is 10.9 Å². The Labute approximate surface area is 178 Å². The largest absolute Gasteiger partial charge is 0.480 e. The molecule has 1 aromatic heterocycles. The maximum Gasteiger partial charge on any atom is 0.329 e. The predicted molar refractivity (Wildman–Crippen MR) is 117 cm³/mol. The lowest BCUT2D eigenvalue weighted by molar-refractivity contribution is -0.142. The van der Waals surface area contributed by atoms with Crippen molar-refractivity contribution in [3.8, 4) is 0 Å². The van der Waals surface area contributed by atoms with Crippen LogP contribution in [-0.2, 0) is 16.0 Å². The molecule has 2 aromatic carbocycles. The number of carboxylic acids is 1. The summed E-state index contributed by atoms with van der Waals surface area (Å²) in [6.07, 6.45) is 0.282. The van der Waals surface area contributed by atoms with E-state index in [9.17, 15) is 24.3 Å². The first-order chi connectivity index (χ1) is 14.8. The minimum Gasteiger partial charge on any atom is -0.480 e. The number of aliphatic carboxylic acids is 1. The SMILES string of the molecule is CC(C)C[C@H](NC(=O)[C@H](Cc1ccccc1)n1c(=O)[nH]c2ccccc2c1=O)C(=O)O. The highest BCUT2D eigenvalue weighted by atomic mass is 16.4. The molecule has 1 heterocycles. The molecule has 0 spiro atoms. The summed E-state index contributed by atoms with van der Waals surface area (Å²) in [5, 5.41) is 12.3. The highest BCUT2D eigenvalue weighted by Crippen LogP contribution is 2.15. The summed E-state index contributed by atoms with van der Waals surface area (Å²) in [4.78, 5) is 53.4. The lowest BCUT2D eigenvalue weighted by atomic mass is 10.0. The Balaban J connectivity index is 2.08. The second kappa shape index (κ2) is 9.42. The van der Waals surface area contributed by atoms with Gasteiger partial charge >= 0.3 is 11.7 Å². The van der Waals surface area contributed by atoms with Crippen LogP contribution in [0.3, 0.4) is 0 Å². The van der Waals surface area contributed by atoms with Crippen LogP contribution in [0.15, 0.2) is 64.2 Å². The second-order valence-electron chi connectivity index (χ2n) is 7.89. The minimum atomic E-state index is -1.21. The first kappa shape index (κ1) is 22.0. The zero-order valence-electron chi connectivity index (χ0n) is 17.4. The number of aromatic amines is 1. The summed E-state index contributed by atoms with van der Waals surface area (Å²) in [7, 11) is 0. The number of hydrogen-bond donors (Lipinski definition) is 3. The number of benzene rings is 2. The monoisotopic (exact) mass is 423 g/mol. The number of carbonyl (C=O) groups is 2. The minimum absolute atomic E-state index is 0.0285. The van der Waals surface area contributed by atoms with Crippen LogP contribution in [0.5, 0.6) is 0 Å². The Morgan fingerprint density at radius 1 is 1.03 bits per heavy atom. The van der Waals surface area contributed by atoms with Crippen molar-refractivity contribution in [3.63, 3.8) is 0 Å². The molecule has 8 nitrogen and oxygen atoms in total. The molecule has 3 N–H and O–H groups in total. The van der Waals surface area contributed by atoms with Crippen molar-refractivity contribution in [1.82, 2.24) is 14.9 Å². The van der Waals surface area contributed by atoms with E-state index in [-0.39, 0.29) is 24.1 Å². The van der Waals surface area contributed by atoms with E-state index in [1.807, 2.05) is 19.9 Å². The molecule has 8 heteroatoms. The molecule has 2 atom stereocenters. The molecule has 0 saturated heterocycles. The number of rotatable bonds is 8. The van der Waals surface area contributed by atoms with E-state index in [0.717, 1.165) is 10.1 Å². The van der Waals surface area contributed by atoms with Crippen molar-refractivity contribution in [3.05, 3.63) is 81.0 Å². The number of carbonyl (C=O) groups excluding carboxylic acids is 1. The number of amides is 1. The Kier molecular flexibility index (Phi) is 6.69. The van der Waals surface area contributed by atoms with Gasteiger partial charge in [-0.2, -0.15) is 0 Å². The molecule has 0 radical (unpaired) electrons. The smallest absolute Gasteiger partial charge is 0.329 e. The van der Waals surface area contributed by atoms with Crippen molar-refractivity contribution in [2.75, 3.05) is 0 Å². The van der Waals surface area contributed by atoms with Crippen molar-refractivity contribution in [2.24, 2.45) is 5.92 Å². The molecule has 0 aliphatic rings. The summed E-state index contributed by atoms with van der Waals surface area (Å²) in [5.41, 5.74) is -0.227. The number of para-hydroxylation sites is 1. The highest BCUT2D eigenvalue weighted by molar-refractivity contribution is 5.86. The summed E-state index contributed by atoms with van der Waals surface area (Å²) in [6.45, 7) is 3.70. The maximum absolute atomic E-state index is 13.2. The first-order valence-corrected chi connectivity index (χ1v) is 10.1. The van der Waals surface area contributed by atoms with Crippen molar-refractivity contribution in [1.29, 1.82) is 0 Å². The standard InChI is InChI=1S/C23H25N3O5/c1-14(2)12-18(22(29)30)24-20(27)19(13-15-8-4-3-5-9-15)26-21(28)16-10-6-7-11-17(16)25-23(26)31/h3-11,14,18-19H,12-13H2,1-2H3,(H,24,27)(H,25,31)(H,29,30)/t18-,19-/m0/s1. The molecule has 0 unspecified atom stereocenters. The zero-order valence-corrected chi connectivity index (χ0v) is 17.4. The van der Waals surface area contributed by atoms with Crippen LogP contribution < -0.4 is 16.6 Å². The van der Waals surface area contributed by atoms with Gasteiger partial charge in [0.2, 0.25) is 5.91 Å². The van der Waals surface area contributed by atoms with Gasteiger partial charge in [-0.3, -0.25) is 9.59 Å². The maximum atomic E-state index is 13.2. The molecule has 0 fully saturated rings. The van der Waals surface area contributed by atoms with Gasteiger partial charge < -0.3 is 15.4 Å². The number of nitrogens with one attached hydrogen (secondary N) is 2. The summed E-state index contributed by atoms with van der Waals surface area (Å²) >= 11 is 0. The summed E-state index contributed by atoms with van der Waals surface area (Å²) in [6, 6.07) is 13.2. The fourth-order valence-corrected chi connectivity index (χ4v) is 3.56. The van der Waals surface area contributed by atoms with Gasteiger partial charge in [0.15, 0.2) is 0 Å². The van der Waals surface area contributed by atoms with Crippen LogP contribution in [0.2, 0.25) is 0 Å². The van der Waals surface area contributed by atoms with Crippen molar-refractivity contribution in [2.45, 2.75) is 38.8 Å². The predicted octanol–water partition coefficient (Wildman–Crippen LogP) is 2.09. The number of nitrogens with zero attached hydrogens (tertiary/aromatic N) is 1. The molecule has 0 aliphatic heterocycles. The molecule has 3 rings (SSSR count). The Bertz CT molecular complexity index is 1200. The van der Waals surface area contributed by atoms with Crippen LogP contribution >= 0.6 is 0 Å². The fraction of sp³-hybridized carbons (Fsp3) is 0.304. The Morgan fingerprint density at radius 2 is 1.68 bits per heavy atom. The number of hydrogen-bond acceptors (Lipinski definition) is 4. The van der Waals surface area contributed by atoms with Crippen molar-refractivity contribution < 1.29 is 14.7 Å². The lowest BCUT2D eigenvalue weighted by Gasteiger charge is -2.23. The second-order valence-corrected chi connectivity index (χ2v) is 7.89. The Hall–Kier alpha value is -3.68. The number of aromatic nitrogens is 2. The molecule has 0 bridgehead atoms. The molecular weight excluding hydrogens is 398 g/mol. The van der Waals surface area contributed by atoms with E-state index >= 15 is 0 Å². The first-order valence-electron chi connectivity index (χ1n) is 10.1. The third-order valence-corrected chi connectivity index (χ3v) is 5.04. The van der Waals surface area contributed by atoms with Gasteiger partial charge in [-0.1, -0.05) is 56.3 Å². The van der Waals surface area contributed by atoms with Crippen LogP contribution in [-0.4, -0.2) is 32.6 Å². The average Bonchev–Trinajstić information content (AvgIpc) is 2.72. The fourth-order valence-electron chi connectivity index (χ4n) is 3.56. The number of fused-ring (bicyclic) bond motifs is 1. The summed E-state index contributed by atoms with van der Waals surface area (Å²) < 4.78 is 0.874. The molecule has 1 amide bonds. The molecular formula is C23H25N3O5. The van der Waals surface area contributed by atoms with Crippen LogP contribution in [0, 0.1) is 5.92 Å². The van der Waals surface area contributed by atoms with Crippen LogP contribution in [0.4, 0.5) is 0 Å². The quantitative estimate of drug-likeness (QED) is 0.512. The lowest BCUT2D eigenvalue weighted by Crippen LogP contribution is -2.49. The van der Waals surface area contributed by atoms with Gasteiger partial charge in [0.1, 0.15) is 12.1 Å². The Morgan fingerprint density at radius 3 is 2.32 bits per heavy atom. The molecule has 3 aromatic rings. The van der Waals surface area contributed by atoms with E-state index in [1.165, 1.54) is 0 Å². The topological polar surface area (TPSA) is 121 Å². The third-order valence-electron chi connectivity index (χ3n) is 5.04. The molecule has 162 valence electrons. The van der Waals surface area contributed by atoms with E-state index in [0.29, 0.717) is 5.52 Å². The van der Waals surface area contributed by atoms with E-state index in [1.54, 1.807) is 48.5 Å². The molecule has 31 heavy (non-hydrogen) atoms. The third kappa shape index (κ3) is 5.09.